The van der Waals surface area contributed by atoms with Crippen LogP contribution >= 0.6 is 0 Å². The van der Waals surface area contributed by atoms with Crippen LogP contribution in [0.3, 0.4) is 0 Å². The van der Waals surface area contributed by atoms with Crippen LogP contribution in [-0.4, -0.2) is 21.9 Å². The monoisotopic (exact) mass is 442 g/mol. The standard InChI is InChI=1S/C30H50O2/c1-20(10-9-16-26(2,3)32)21-13-18-30(8)23-11-12-24-27(4,5)25(31)15-17-28(24,6)22(23)14-19-29(21,30)7/h9-10,20-21,24-25,31-32H,11-19H2,1-8H3/b10-9+/t20-,21-,24+,25+,28-,29-,30+/m1/s1. The number of fused-ring (bicyclic) bond motifs is 4. The maximum Gasteiger partial charge on any atom is 0.0626 e. The highest BCUT2D eigenvalue weighted by Crippen LogP contribution is 2.72. The number of allylic oxidation sites excluding steroid dienone is 3. The van der Waals surface area contributed by atoms with E-state index in [1.807, 2.05) is 19.4 Å². The lowest BCUT2D eigenvalue weighted by molar-refractivity contribution is -0.0960. The Kier molecular flexibility index (Phi) is 5.90. The van der Waals surface area contributed by atoms with Crippen LogP contribution in [0.4, 0.5) is 0 Å². The van der Waals surface area contributed by atoms with Crippen molar-refractivity contribution in [2.45, 2.75) is 125 Å². The Morgan fingerprint density at radius 1 is 0.969 bits per heavy atom. The molecule has 2 saturated carbocycles. The van der Waals surface area contributed by atoms with Crippen molar-refractivity contribution in [3.05, 3.63) is 23.3 Å². The van der Waals surface area contributed by atoms with Gasteiger partial charge in [0.15, 0.2) is 0 Å². The number of aliphatic hydroxyl groups is 2. The van der Waals surface area contributed by atoms with Crippen molar-refractivity contribution in [2.75, 3.05) is 0 Å². The second-order valence-corrected chi connectivity index (χ2v) is 14.0. The van der Waals surface area contributed by atoms with Crippen LogP contribution in [0.25, 0.3) is 0 Å². The Morgan fingerprint density at radius 3 is 2.31 bits per heavy atom. The van der Waals surface area contributed by atoms with Crippen LogP contribution in [0.5, 0.6) is 0 Å². The molecular formula is C30H50O2. The van der Waals surface area contributed by atoms with E-state index in [0.717, 1.165) is 25.2 Å². The van der Waals surface area contributed by atoms with Gasteiger partial charge in [0.1, 0.15) is 0 Å². The summed E-state index contributed by atoms with van der Waals surface area (Å²) in [5.74, 6) is 1.88. The second kappa shape index (κ2) is 7.70. The molecule has 0 amide bonds. The molecule has 4 rings (SSSR count). The topological polar surface area (TPSA) is 40.5 Å². The van der Waals surface area contributed by atoms with Gasteiger partial charge in [-0.25, -0.2) is 0 Å². The van der Waals surface area contributed by atoms with Crippen LogP contribution < -0.4 is 0 Å². The first-order valence-electron chi connectivity index (χ1n) is 13.5. The quantitative estimate of drug-likeness (QED) is 0.444. The van der Waals surface area contributed by atoms with Gasteiger partial charge >= 0.3 is 0 Å². The summed E-state index contributed by atoms with van der Waals surface area (Å²) < 4.78 is 0. The summed E-state index contributed by atoms with van der Waals surface area (Å²) in [7, 11) is 0. The van der Waals surface area contributed by atoms with Crippen molar-refractivity contribution in [2.24, 2.45) is 39.4 Å². The molecule has 2 fully saturated rings. The van der Waals surface area contributed by atoms with E-state index in [0.29, 0.717) is 22.7 Å². The first kappa shape index (κ1) is 24.5. The third-order valence-electron chi connectivity index (χ3n) is 11.5. The van der Waals surface area contributed by atoms with Crippen molar-refractivity contribution >= 4 is 0 Å². The van der Waals surface area contributed by atoms with E-state index in [4.69, 9.17) is 0 Å². The van der Waals surface area contributed by atoms with E-state index in [1.165, 1.54) is 38.5 Å². The van der Waals surface area contributed by atoms with Gasteiger partial charge in [0.25, 0.3) is 0 Å². The van der Waals surface area contributed by atoms with Gasteiger partial charge in [-0.05, 0) is 111 Å². The molecule has 0 bridgehead atoms. The summed E-state index contributed by atoms with van der Waals surface area (Å²) in [5.41, 5.74) is 3.98. The predicted molar refractivity (Wildman–Crippen MR) is 134 cm³/mol. The Labute approximate surface area is 198 Å². The van der Waals surface area contributed by atoms with Crippen molar-refractivity contribution in [3.63, 3.8) is 0 Å². The lowest BCUT2D eigenvalue weighted by atomic mass is 9.43. The lowest BCUT2D eigenvalue weighted by Gasteiger charge is -2.62. The summed E-state index contributed by atoms with van der Waals surface area (Å²) in [6.45, 7) is 18.6. The molecule has 0 heterocycles. The molecule has 182 valence electrons. The van der Waals surface area contributed by atoms with Crippen LogP contribution in [0.15, 0.2) is 23.3 Å². The molecule has 0 unspecified atom stereocenters. The first-order chi connectivity index (χ1) is 14.7. The van der Waals surface area contributed by atoms with Gasteiger partial charge in [0.2, 0.25) is 0 Å². The fourth-order valence-corrected chi connectivity index (χ4v) is 9.26. The van der Waals surface area contributed by atoms with Gasteiger partial charge in [-0.3, -0.25) is 0 Å². The van der Waals surface area contributed by atoms with Crippen molar-refractivity contribution < 1.29 is 10.2 Å². The Bertz CT molecular complexity index is 798. The molecule has 32 heavy (non-hydrogen) atoms. The lowest BCUT2D eigenvalue weighted by Crippen LogP contribution is -2.55. The molecule has 0 aromatic rings. The van der Waals surface area contributed by atoms with Gasteiger partial charge in [-0.1, -0.05) is 64.8 Å². The van der Waals surface area contributed by atoms with E-state index in [9.17, 15) is 10.2 Å². The molecule has 4 aliphatic rings. The molecule has 2 heteroatoms. The molecule has 0 aromatic heterocycles. The molecule has 7 atom stereocenters. The van der Waals surface area contributed by atoms with Gasteiger partial charge < -0.3 is 10.2 Å². The van der Waals surface area contributed by atoms with E-state index >= 15 is 0 Å². The SMILES string of the molecule is C[C@H](/C=C/CC(C)(C)O)[C@H]1CC[C@@]2(C)C3=C(CC[C@]12C)[C@@]1(C)CC[C@H](O)C(C)(C)[C@@H]1CC3. The van der Waals surface area contributed by atoms with E-state index in [2.05, 4.69) is 53.7 Å². The predicted octanol–water partition coefficient (Wildman–Crippen LogP) is 7.45. The fourth-order valence-electron chi connectivity index (χ4n) is 9.26. The second-order valence-electron chi connectivity index (χ2n) is 14.0. The van der Waals surface area contributed by atoms with Crippen molar-refractivity contribution in [3.8, 4) is 0 Å². The minimum absolute atomic E-state index is 0.0190. The van der Waals surface area contributed by atoms with Crippen LogP contribution in [0, 0.1) is 39.4 Å². The van der Waals surface area contributed by atoms with Crippen LogP contribution in [0.2, 0.25) is 0 Å². The zero-order valence-electron chi connectivity index (χ0n) is 22.2. The smallest absolute Gasteiger partial charge is 0.0626 e. The number of hydrogen-bond donors (Lipinski definition) is 2. The van der Waals surface area contributed by atoms with E-state index in [-0.39, 0.29) is 16.9 Å². The highest BCUT2D eigenvalue weighted by atomic mass is 16.3. The molecular weight excluding hydrogens is 392 g/mol. The molecule has 0 spiro atoms. The zero-order chi connectivity index (χ0) is 23.7. The summed E-state index contributed by atoms with van der Waals surface area (Å²) in [6.07, 6.45) is 15.0. The molecule has 0 aliphatic heterocycles. The number of hydrogen-bond acceptors (Lipinski definition) is 2. The number of rotatable bonds is 4. The normalized spacial score (nSPS) is 44.9. The third-order valence-corrected chi connectivity index (χ3v) is 11.5. The largest absolute Gasteiger partial charge is 0.393 e. The van der Waals surface area contributed by atoms with Gasteiger partial charge in [0, 0.05) is 0 Å². The molecule has 0 radical (unpaired) electrons. The first-order valence-corrected chi connectivity index (χ1v) is 13.5. The summed E-state index contributed by atoms with van der Waals surface area (Å²) in [5, 5.41) is 20.9. The summed E-state index contributed by atoms with van der Waals surface area (Å²) in [4.78, 5) is 0. The third kappa shape index (κ3) is 3.49. The molecule has 0 aromatic carbocycles. The zero-order valence-corrected chi connectivity index (χ0v) is 22.2. The molecule has 4 aliphatic carbocycles. The Balaban J connectivity index is 1.65. The Hall–Kier alpha value is -0.600. The minimum Gasteiger partial charge on any atom is -0.393 e. The Morgan fingerprint density at radius 2 is 1.66 bits per heavy atom. The average molecular weight is 443 g/mol. The van der Waals surface area contributed by atoms with E-state index in [1.54, 1.807) is 5.57 Å². The molecule has 2 N–H and O–H groups in total. The molecule has 0 saturated heterocycles. The number of aliphatic hydroxyl groups excluding tert-OH is 1. The van der Waals surface area contributed by atoms with Gasteiger partial charge in [-0.2, -0.15) is 0 Å². The van der Waals surface area contributed by atoms with Crippen LogP contribution in [0.1, 0.15) is 113 Å². The van der Waals surface area contributed by atoms with Crippen LogP contribution in [-0.2, 0) is 0 Å². The maximum atomic E-state index is 10.8. The van der Waals surface area contributed by atoms with Gasteiger partial charge in [0.05, 0.1) is 11.7 Å². The maximum absolute atomic E-state index is 10.8. The highest BCUT2D eigenvalue weighted by molar-refractivity contribution is 5.39. The average Bonchev–Trinajstić information content (AvgIpc) is 2.96. The summed E-state index contributed by atoms with van der Waals surface area (Å²) in [6, 6.07) is 0. The van der Waals surface area contributed by atoms with Gasteiger partial charge in [-0.15, -0.1) is 0 Å². The molecule has 2 nitrogen and oxygen atoms in total. The van der Waals surface area contributed by atoms with E-state index < -0.39 is 5.60 Å². The highest BCUT2D eigenvalue weighted by Gasteiger charge is 2.63. The summed E-state index contributed by atoms with van der Waals surface area (Å²) >= 11 is 0. The van der Waals surface area contributed by atoms with Crippen molar-refractivity contribution in [1.29, 1.82) is 0 Å². The fraction of sp³-hybridized carbons (Fsp3) is 0.867. The van der Waals surface area contributed by atoms with Crippen molar-refractivity contribution in [1.82, 2.24) is 0 Å². The minimum atomic E-state index is -0.621.